The van der Waals surface area contributed by atoms with Gasteiger partial charge >= 0.3 is 0 Å². The summed E-state index contributed by atoms with van der Waals surface area (Å²) in [5.41, 5.74) is 6.48. The number of nitrogens with one attached hydrogen (secondary N) is 1. The summed E-state index contributed by atoms with van der Waals surface area (Å²) in [5, 5.41) is 7.83. The van der Waals surface area contributed by atoms with Crippen LogP contribution in [0, 0.1) is 32.6 Å². The minimum absolute atomic E-state index is 0.0919. The zero-order chi connectivity index (χ0) is 29.1. The summed E-state index contributed by atoms with van der Waals surface area (Å²) in [6, 6.07) is 15.2. The van der Waals surface area contributed by atoms with Crippen LogP contribution in [-0.2, 0) is 11.2 Å². The second kappa shape index (κ2) is 12.4. The molecule has 0 spiro atoms. The number of hydrogen-bond acceptors (Lipinski definition) is 6. The van der Waals surface area contributed by atoms with Crippen LogP contribution in [0.4, 0.5) is 5.69 Å². The summed E-state index contributed by atoms with van der Waals surface area (Å²) >= 11 is 0. The van der Waals surface area contributed by atoms with Crippen LogP contribution in [0.5, 0.6) is 0 Å². The number of benzene rings is 2. The third-order valence-corrected chi connectivity index (χ3v) is 8.19. The van der Waals surface area contributed by atoms with E-state index in [-0.39, 0.29) is 29.6 Å². The topological polar surface area (TPSA) is 94.3 Å². The van der Waals surface area contributed by atoms with Crippen LogP contribution in [0.2, 0.25) is 0 Å². The maximum absolute atomic E-state index is 13.6. The lowest BCUT2D eigenvalue weighted by atomic mass is 9.82. The van der Waals surface area contributed by atoms with E-state index >= 15 is 0 Å². The third kappa shape index (κ3) is 6.41. The van der Waals surface area contributed by atoms with Crippen molar-refractivity contribution in [3.63, 3.8) is 0 Å². The van der Waals surface area contributed by atoms with Crippen LogP contribution in [-0.4, -0.2) is 28.4 Å². The van der Waals surface area contributed by atoms with Crippen LogP contribution >= 0.6 is 0 Å². The number of fused-ring (bicyclic) bond motifs is 1. The largest absolute Gasteiger partial charge is 0.372 e. The van der Waals surface area contributed by atoms with Crippen molar-refractivity contribution in [2.24, 2.45) is 11.8 Å². The number of hydrogen-bond donors (Lipinski definition) is 1. The number of pyridine rings is 1. The van der Waals surface area contributed by atoms with Gasteiger partial charge in [0.2, 0.25) is 0 Å². The van der Waals surface area contributed by atoms with E-state index in [9.17, 15) is 9.59 Å². The molecule has 1 N–H and O–H groups in total. The monoisotopic (exact) mass is 553 g/mol. The molecule has 0 bridgehead atoms. The van der Waals surface area contributed by atoms with E-state index in [0.29, 0.717) is 23.4 Å². The van der Waals surface area contributed by atoms with E-state index in [4.69, 9.17) is 14.2 Å². The molecule has 2 aromatic heterocycles. The molecule has 7 nitrogen and oxygen atoms in total. The van der Waals surface area contributed by atoms with Gasteiger partial charge in [-0.1, -0.05) is 30.6 Å². The lowest BCUT2D eigenvalue weighted by Gasteiger charge is -2.21. The number of carbonyl (C=O) groups excluding carboxylic acids is 2. The molecule has 4 aromatic rings. The van der Waals surface area contributed by atoms with E-state index in [1.807, 2.05) is 51.1 Å². The first-order valence-electron chi connectivity index (χ1n) is 14.6. The van der Waals surface area contributed by atoms with E-state index < -0.39 is 0 Å². The minimum Gasteiger partial charge on any atom is -0.372 e. The van der Waals surface area contributed by atoms with Crippen LogP contribution in [0.3, 0.4) is 0 Å². The van der Waals surface area contributed by atoms with Crippen molar-refractivity contribution in [2.45, 2.75) is 72.8 Å². The Bertz CT molecular complexity index is 1550. The first kappa shape index (κ1) is 28.7. The van der Waals surface area contributed by atoms with Gasteiger partial charge < -0.3 is 14.6 Å². The van der Waals surface area contributed by atoms with Gasteiger partial charge in [-0.2, -0.15) is 0 Å². The number of rotatable bonds is 10. The van der Waals surface area contributed by atoms with Crippen molar-refractivity contribution in [2.75, 3.05) is 11.9 Å². The van der Waals surface area contributed by atoms with E-state index in [0.717, 1.165) is 71.3 Å². The Balaban J connectivity index is 1.32. The minimum atomic E-state index is -0.205. The number of Topliss-reactive ketones (excluding diaryl/α,β-unsaturated/α-hetero) is 1. The summed E-state index contributed by atoms with van der Waals surface area (Å²) in [6.07, 6.45) is 4.16. The molecule has 0 saturated carbocycles. The number of ketones is 1. The average molecular weight is 554 g/mol. The predicted octanol–water partition coefficient (Wildman–Crippen LogP) is 7.73. The summed E-state index contributed by atoms with van der Waals surface area (Å²) < 4.78 is 11.2. The van der Waals surface area contributed by atoms with Crippen LogP contribution in [0.25, 0.3) is 10.9 Å². The highest BCUT2D eigenvalue weighted by Gasteiger charge is 2.26. The highest BCUT2D eigenvalue weighted by atomic mass is 16.5. The predicted molar refractivity (Wildman–Crippen MR) is 160 cm³/mol. The molecule has 7 heteroatoms. The van der Waals surface area contributed by atoms with Gasteiger partial charge in [-0.25, -0.2) is 4.98 Å². The van der Waals surface area contributed by atoms with Gasteiger partial charge in [0, 0.05) is 41.6 Å². The van der Waals surface area contributed by atoms with Gasteiger partial charge in [0.1, 0.15) is 5.76 Å². The van der Waals surface area contributed by atoms with Crippen molar-refractivity contribution >= 4 is 28.3 Å². The van der Waals surface area contributed by atoms with Crippen LogP contribution in [0.15, 0.2) is 53.1 Å². The van der Waals surface area contributed by atoms with Crippen molar-refractivity contribution < 1.29 is 18.8 Å². The smallest absolute Gasteiger partial charge is 0.256 e. The van der Waals surface area contributed by atoms with Crippen molar-refractivity contribution in [3.05, 3.63) is 87.9 Å². The number of ether oxygens (including phenoxy) is 1. The van der Waals surface area contributed by atoms with Gasteiger partial charge in [-0.15, -0.1) is 0 Å². The number of nitrogens with zero attached hydrogens (tertiary/aromatic N) is 2. The quantitative estimate of drug-likeness (QED) is 0.202. The molecule has 0 radical (unpaired) electrons. The van der Waals surface area contributed by atoms with Crippen LogP contribution < -0.4 is 5.32 Å². The summed E-state index contributed by atoms with van der Waals surface area (Å²) in [5.74, 6) is 0.877. The molecule has 0 aliphatic carbocycles. The van der Waals surface area contributed by atoms with Gasteiger partial charge in [0.25, 0.3) is 5.91 Å². The molecule has 3 unspecified atom stereocenters. The molecule has 1 saturated heterocycles. The van der Waals surface area contributed by atoms with Crippen LogP contribution in [0.1, 0.15) is 94.6 Å². The Kier molecular flexibility index (Phi) is 8.64. The van der Waals surface area contributed by atoms with Crippen molar-refractivity contribution in [1.82, 2.24) is 10.1 Å². The SMILES string of the molecule is CCC(C(=O)c1ccc(NC(=O)c2cc(C3CCCO3)nc3c(C)cc(C)cc23)cc1)C(C)CCc1cc(C)no1. The standard InChI is InChI=1S/C34H39N3O4/c1-6-27(21(3)9-14-26-18-23(5)37-41-26)33(38)24-10-12-25(13-11-24)35-34(39)29-19-30(31-8-7-15-40-31)36-32-22(4)16-20(2)17-28(29)32/h10-13,16-19,21,27,31H,6-9,14-15H2,1-5H3,(H,35,39). The van der Waals surface area contributed by atoms with Gasteiger partial charge in [-0.05, 0) is 94.3 Å². The molecular formula is C34H39N3O4. The lowest BCUT2D eigenvalue weighted by molar-refractivity contribution is 0.0868. The van der Waals surface area contributed by atoms with Crippen molar-refractivity contribution in [1.29, 1.82) is 0 Å². The second-order valence-electron chi connectivity index (χ2n) is 11.4. The lowest BCUT2D eigenvalue weighted by Crippen LogP contribution is -2.22. The first-order valence-corrected chi connectivity index (χ1v) is 14.6. The number of aromatic nitrogens is 2. The highest BCUT2D eigenvalue weighted by molar-refractivity contribution is 6.13. The maximum atomic E-state index is 13.6. The van der Waals surface area contributed by atoms with Gasteiger partial charge in [0.15, 0.2) is 5.78 Å². The molecule has 1 amide bonds. The Morgan fingerprint density at radius 2 is 1.85 bits per heavy atom. The molecule has 214 valence electrons. The number of aryl methyl sites for hydroxylation is 4. The normalized spacial score (nSPS) is 16.6. The second-order valence-corrected chi connectivity index (χ2v) is 11.4. The fourth-order valence-corrected chi connectivity index (χ4v) is 5.95. The molecule has 1 fully saturated rings. The fraction of sp³-hybridized carbons (Fsp3) is 0.412. The van der Waals surface area contributed by atoms with Gasteiger partial charge in [0.05, 0.1) is 28.6 Å². The molecule has 41 heavy (non-hydrogen) atoms. The maximum Gasteiger partial charge on any atom is 0.256 e. The molecule has 3 atom stereocenters. The highest BCUT2D eigenvalue weighted by Crippen LogP contribution is 2.32. The van der Waals surface area contributed by atoms with E-state index in [1.54, 1.807) is 12.1 Å². The molecule has 1 aliphatic rings. The van der Waals surface area contributed by atoms with E-state index in [1.165, 1.54) is 0 Å². The summed E-state index contributed by atoms with van der Waals surface area (Å²) in [4.78, 5) is 31.9. The fourth-order valence-electron chi connectivity index (χ4n) is 5.95. The summed E-state index contributed by atoms with van der Waals surface area (Å²) in [7, 11) is 0. The Labute approximate surface area is 241 Å². The zero-order valence-corrected chi connectivity index (χ0v) is 24.6. The van der Waals surface area contributed by atoms with E-state index in [2.05, 4.69) is 30.4 Å². The Morgan fingerprint density at radius 1 is 1.07 bits per heavy atom. The number of anilines is 1. The Hall–Kier alpha value is -3.84. The summed E-state index contributed by atoms with van der Waals surface area (Å²) in [6.45, 7) is 10.8. The molecular weight excluding hydrogens is 514 g/mol. The number of carbonyl (C=O) groups is 2. The number of amides is 1. The molecule has 5 rings (SSSR count). The van der Waals surface area contributed by atoms with Gasteiger partial charge in [-0.3, -0.25) is 9.59 Å². The zero-order valence-electron chi connectivity index (χ0n) is 24.6. The third-order valence-electron chi connectivity index (χ3n) is 8.19. The van der Waals surface area contributed by atoms with Crippen molar-refractivity contribution in [3.8, 4) is 0 Å². The molecule has 3 heterocycles. The molecule has 2 aromatic carbocycles. The molecule has 1 aliphatic heterocycles. The average Bonchev–Trinajstić information content (AvgIpc) is 3.64. The Morgan fingerprint density at radius 3 is 2.51 bits per heavy atom. The first-order chi connectivity index (χ1) is 19.7.